The molecule has 0 bridgehead atoms. The zero-order valence-corrected chi connectivity index (χ0v) is 9.27. The first kappa shape index (κ1) is 12.0. The van der Waals surface area contributed by atoms with Gasteiger partial charge in [-0.2, -0.15) is 0 Å². The standard InChI is InChI=1S/C12H19NO2/c1-3-11(13-8-9(2)14)10-6-4-5-7-12(10)15/h4-7,9,11,13-15H,3,8H2,1-2H3/t9-,11-/m0/s1. The summed E-state index contributed by atoms with van der Waals surface area (Å²) in [5.41, 5.74) is 0.889. The van der Waals surface area contributed by atoms with Crippen LogP contribution in [0.25, 0.3) is 0 Å². The van der Waals surface area contributed by atoms with Crippen LogP contribution in [-0.2, 0) is 0 Å². The molecule has 0 aromatic heterocycles. The van der Waals surface area contributed by atoms with Gasteiger partial charge < -0.3 is 15.5 Å². The van der Waals surface area contributed by atoms with Gasteiger partial charge in [0.05, 0.1) is 6.10 Å². The van der Waals surface area contributed by atoms with Crippen LogP contribution in [0, 0.1) is 0 Å². The Morgan fingerprint density at radius 3 is 2.53 bits per heavy atom. The maximum absolute atomic E-state index is 9.67. The predicted molar refractivity (Wildman–Crippen MR) is 60.8 cm³/mol. The van der Waals surface area contributed by atoms with E-state index in [1.165, 1.54) is 0 Å². The van der Waals surface area contributed by atoms with Crippen molar-refractivity contribution in [1.29, 1.82) is 0 Å². The van der Waals surface area contributed by atoms with E-state index in [1.54, 1.807) is 19.1 Å². The minimum Gasteiger partial charge on any atom is -0.508 e. The van der Waals surface area contributed by atoms with Gasteiger partial charge in [-0.3, -0.25) is 0 Å². The number of hydrogen-bond donors (Lipinski definition) is 3. The number of nitrogens with one attached hydrogen (secondary N) is 1. The normalized spacial score (nSPS) is 14.9. The fraction of sp³-hybridized carbons (Fsp3) is 0.500. The molecule has 0 fully saturated rings. The van der Waals surface area contributed by atoms with Crippen LogP contribution in [0.1, 0.15) is 31.9 Å². The molecule has 84 valence electrons. The second kappa shape index (κ2) is 5.73. The highest BCUT2D eigenvalue weighted by Gasteiger charge is 2.12. The van der Waals surface area contributed by atoms with Crippen molar-refractivity contribution < 1.29 is 10.2 Å². The minimum atomic E-state index is -0.370. The number of phenolic OH excluding ortho intramolecular Hbond substituents is 1. The van der Waals surface area contributed by atoms with Gasteiger partial charge in [0.15, 0.2) is 0 Å². The van der Waals surface area contributed by atoms with Crippen molar-refractivity contribution >= 4 is 0 Å². The van der Waals surface area contributed by atoms with Gasteiger partial charge in [-0.25, -0.2) is 0 Å². The van der Waals surface area contributed by atoms with Crippen molar-refractivity contribution in [3.8, 4) is 5.75 Å². The highest BCUT2D eigenvalue weighted by atomic mass is 16.3. The van der Waals surface area contributed by atoms with Crippen molar-refractivity contribution in [2.75, 3.05) is 6.54 Å². The van der Waals surface area contributed by atoms with Gasteiger partial charge in [-0.1, -0.05) is 25.1 Å². The highest BCUT2D eigenvalue weighted by Crippen LogP contribution is 2.25. The summed E-state index contributed by atoms with van der Waals surface area (Å²) in [5.74, 6) is 0.308. The molecule has 3 N–H and O–H groups in total. The van der Waals surface area contributed by atoms with Crippen molar-refractivity contribution in [3.05, 3.63) is 29.8 Å². The summed E-state index contributed by atoms with van der Waals surface area (Å²) in [6.45, 7) is 4.32. The summed E-state index contributed by atoms with van der Waals surface area (Å²) in [6.07, 6.45) is 0.509. The Balaban J connectivity index is 2.70. The number of rotatable bonds is 5. The summed E-state index contributed by atoms with van der Waals surface area (Å²) in [5, 5.41) is 22.1. The largest absolute Gasteiger partial charge is 0.508 e. The van der Waals surface area contributed by atoms with Crippen LogP contribution in [0.4, 0.5) is 0 Å². The first-order valence-corrected chi connectivity index (χ1v) is 5.34. The number of hydrogen-bond acceptors (Lipinski definition) is 3. The summed E-state index contributed by atoms with van der Waals surface area (Å²) in [4.78, 5) is 0. The Morgan fingerprint density at radius 1 is 1.33 bits per heavy atom. The molecule has 0 aliphatic heterocycles. The summed E-state index contributed by atoms with van der Waals surface area (Å²) >= 11 is 0. The van der Waals surface area contributed by atoms with E-state index < -0.39 is 0 Å². The lowest BCUT2D eigenvalue weighted by Gasteiger charge is -2.19. The molecule has 15 heavy (non-hydrogen) atoms. The zero-order valence-electron chi connectivity index (χ0n) is 9.27. The Kier molecular flexibility index (Phi) is 4.59. The second-order valence-corrected chi connectivity index (χ2v) is 3.78. The molecule has 0 saturated carbocycles. The lowest BCUT2D eigenvalue weighted by molar-refractivity contribution is 0.185. The smallest absolute Gasteiger partial charge is 0.120 e. The average molecular weight is 209 g/mol. The third-order valence-corrected chi connectivity index (χ3v) is 2.38. The topological polar surface area (TPSA) is 52.5 Å². The maximum atomic E-state index is 9.67. The lowest BCUT2D eigenvalue weighted by atomic mass is 10.0. The molecule has 3 nitrogen and oxygen atoms in total. The average Bonchev–Trinajstić information content (AvgIpc) is 2.21. The molecule has 0 amide bonds. The van der Waals surface area contributed by atoms with E-state index >= 15 is 0 Å². The van der Waals surface area contributed by atoms with Crippen LogP contribution < -0.4 is 5.32 Å². The minimum absolute atomic E-state index is 0.0980. The van der Waals surface area contributed by atoms with E-state index in [9.17, 15) is 10.2 Å². The fourth-order valence-corrected chi connectivity index (χ4v) is 1.57. The van der Waals surface area contributed by atoms with E-state index in [0.29, 0.717) is 12.3 Å². The van der Waals surface area contributed by atoms with Gasteiger partial charge in [-0.05, 0) is 19.4 Å². The van der Waals surface area contributed by atoms with E-state index in [4.69, 9.17) is 0 Å². The molecule has 0 spiro atoms. The maximum Gasteiger partial charge on any atom is 0.120 e. The first-order chi connectivity index (χ1) is 7.15. The Hall–Kier alpha value is -1.06. The molecular weight excluding hydrogens is 190 g/mol. The Morgan fingerprint density at radius 2 is 2.00 bits per heavy atom. The molecule has 0 unspecified atom stereocenters. The molecular formula is C12H19NO2. The molecule has 1 aromatic rings. The third kappa shape index (κ3) is 3.53. The van der Waals surface area contributed by atoms with Crippen LogP contribution in [0.3, 0.4) is 0 Å². The monoisotopic (exact) mass is 209 g/mol. The van der Waals surface area contributed by atoms with E-state index in [1.807, 2.05) is 19.1 Å². The van der Waals surface area contributed by atoms with Gasteiger partial charge in [0.2, 0.25) is 0 Å². The van der Waals surface area contributed by atoms with Crippen LogP contribution in [0.15, 0.2) is 24.3 Å². The molecule has 0 aliphatic carbocycles. The molecule has 1 aromatic carbocycles. The summed E-state index contributed by atoms with van der Waals surface area (Å²) in [6, 6.07) is 7.39. The zero-order chi connectivity index (χ0) is 11.3. The number of aliphatic hydroxyl groups is 1. The Labute approximate surface area is 90.8 Å². The van der Waals surface area contributed by atoms with Gasteiger partial charge in [0, 0.05) is 18.2 Å². The molecule has 0 radical (unpaired) electrons. The van der Waals surface area contributed by atoms with Gasteiger partial charge in [-0.15, -0.1) is 0 Å². The summed E-state index contributed by atoms with van der Waals surface area (Å²) in [7, 11) is 0. The SMILES string of the molecule is CC[C@H](NC[C@H](C)O)c1ccccc1O. The first-order valence-electron chi connectivity index (χ1n) is 5.34. The number of phenols is 1. The predicted octanol–water partition coefficient (Wildman–Crippen LogP) is 1.81. The number of para-hydroxylation sites is 1. The molecule has 0 aliphatic rings. The molecule has 1 rings (SSSR count). The van der Waals surface area contributed by atoms with Crippen molar-refractivity contribution in [1.82, 2.24) is 5.32 Å². The lowest BCUT2D eigenvalue weighted by Crippen LogP contribution is -2.28. The van der Waals surface area contributed by atoms with Gasteiger partial charge >= 0.3 is 0 Å². The van der Waals surface area contributed by atoms with Crippen molar-refractivity contribution in [3.63, 3.8) is 0 Å². The van der Waals surface area contributed by atoms with E-state index in [0.717, 1.165) is 12.0 Å². The van der Waals surface area contributed by atoms with E-state index in [-0.39, 0.29) is 12.1 Å². The fourth-order valence-electron chi connectivity index (χ4n) is 1.57. The molecule has 0 saturated heterocycles. The van der Waals surface area contributed by atoms with Crippen LogP contribution in [-0.4, -0.2) is 22.9 Å². The highest BCUT2D eigenvalue weighted by molar-refractivity contribution is 5.34. The number of aromatic hydroxyl groups is 1. The van der Waals surface area contributed by atoms with Crippen LogP contribution in [0.5, 0.6) is 5.75 Å². The number of benzene rings is 1. The summed E-state index contributed by atoms with van der Waals surface area (Å²) < 4.78 is 0. The third-order valence-electron chi connectivity index (χ3n) is 2.38. The second-order valence-electron chi connectivity index (χ2n) is 3.78. The Bertz CT molecular complexity index is 299. The molecule has 3 heteroatoms. The van der Waals surface area contributed by atoms with Gasteiger partial charge in [0.1, 0.15) is 5.75 Å². The molecule has 0 heterocycles. The number of aliphatic hydroxyl groups excluding tert-OH is 1. The quantitative estimate of drug-likeness (QED) is 0.693. The van der Waals surface area contributed by atoms with Gasteiger partial charge in [0.25, 0.3) is 0 Å². The van der Waals surface area contributed by atoms with E-state index in [2.05, 4.69) is 5.32 Å². The van der Waals surface area contributed by atoms with Crippen molar-refractivity contribution in [2.24, 2.45) is 0 Å². The van der Waals surface area contributed by atoms with Crippen LogP contribution >= 0.6 is 0 Å². The van der Waals surface area contributed by atoms with Crippen LogP contribution in [0.2, 0.25) is 0 Å². The molecule has 2 atom stereocenters. The van der Waals surface area contributed by atoms with Crippen molar-refractivity contribution in [2.45, 2.75) is 32.4 Å².